The van der Waals surface area contributed by atoms with Crippen molar-refractivity contribution >= 4 is 29.5 Å². The third-order valence-corrected chi connectivity index (χ3v) is 7.49. The number of ether oxygens (including phenoxy) is 1. The smallest absolute Gasteiger partial charge is 0.255 e. The van der Waals surface area contributed by atoms with Crippen molar-refractivity contribution in [2.45, 2.75) is 58.3 Å². The zero-order valence-corrected chi connectivity index (χ0v) is 24.4. The zero-order valence-electron chi connectivity index (χ0n) is 24.4. The minimum atomic E-state index is -1.20. The molecule has 11 heteroatoms. The summed E-state index contributed by atoms with van der Waals surface area (Å²) in [5.41, 5.74) is 2.04. The lowest BCUT2D eigenvalue weighted by molar-refractivity contribution is -0.137. The highest BCUT2D eigenvalue weighted by molar-refractivity contribution is 6.01. The average molecular weight is 578 g/mol. The van der Waals surface area contributed by atoms with Crippen LogP contribution < -0.4 is 20.7 Å². The summed E-state index contributed by atoms with van der Waals surface area (Å²) in [4.78, 5) is 68.0. The number of rotatable bonds is 6. The van der Waals surface area contributed by atoms with Crippen LogP contribution in [0.5, 0.6) is 5.75 Å². The second kappa shape index (κ2) is 14.0. The third kappa shape index (κ3) is 7.86. The van der Waals surface area contributed by atoms with Crippen molar-refractivity contribution in [3.63, 3.8) is 0 Å². The van der Waals surface area contributed by atoms with E-state index in [4.69, 9.17) is 4.74 Å². The molecule has 2 atom stereocenters. The molecule has 11 nitrogen and oxygen atoms in total. The Labute approximate surface area is 246 Å². The van der Waals surface area contributed by atoms with Gasteiger partial charge in [0.2, 0.25) is 23.6 Å². The predicted octanol–water partition coefficient (Wildman–Crippen LogP) is 1.61. The van der Waals surface area contributed by atoms with Crippen LogP contribution in [-0.4, -0.2) is 78.2 Å². The van der Waals surface area contributed by atoms with E-state index >= 15 is 0 Å². The predicted molar refractivity (Wildman–Crippen MR) is 155 cm³/mol. The summed E-state index contributed by atoms with van der Waals surface area (Å²) in [6.45, 7) is 5.54. The Kier molecular flexibility index (Phi) is 10.2. The van der Waals surface area contributed by atoms with Gasteiger partial charge in [-0.05, 0) is 35.6 Å². The molecule has 2 aromatic carbocycles. The molecule has 3 N–H and O–H groups in total. The van der Waals surface area contributed by atoms with Crippen LogP contribution in [0.3, 0.4) is 0 Å². The van der Waals surface area contributed by atoms with Crippen molar-refractivity contribution in [2.24, 2.45) is 5.92 Å². The summed E-state index contributed by atoms with van der Waals surface area (Å²) < 4.78 is 5.83. The van der Waals surface area contributed by atoms with E-state index < -0.39 is 29.8 Å². The molecule has 42 heavy (non-hydrogen) atoms. The number of likely N-dealkylation sites (tertiary alicyclic amines) is 1. The Bertz CT molecular complexity index is 1310. The molecule has 1 saturated heterocycles. The number of para-hydroxylation sites is 1. The first-order valence-corrected chi connectivity index (χ1v) is 14.3. The van der Waals surface area contributed by atoms with Crippen molar-refractivity contribution in [3.8, 4) is 5.75 Å². The maximum Gasteiger partial charge on any atom is 0.255 e. The van der Waals surface area contributed by atoms with Gasteiger partial charge < -0.3 is 30.5 Å². The highest BCUT2D eigenvalue weighted by atomic mass is 16.5. The van der Waals surface area contributed by atoms with E-state index in [0.29, 0.717) is 18.7 Å². The van der Waals surface area contributed by atoms with Crippen LogP contribution in [0, 0.1) is 5.92 Å². The normalized spacial score (nSPS) is 20.4. The van der Waals surface area contributed by atoms with E-state index in [1.807, 2.05) is 43.0 Å². The summed E-state index contributed by atoms with van der Waals surface area (Å²) >= 11 is 0. The maximum atomic E-state index is 13.3. The molecule has 0 bridgehead atoms. The second-order valence-electron chi connectivity index (χ2n) is 11.1. The third-order valence-electron chi connectivity index (χ3n) is 7.49. The summed E-state index contributed by atoms with van der Waals surface area (Å²) in [6, 6.07) is 12.2. The van der Waals surface area contributed by atoms with Gasteiger partial charge in [0.05, 0.1) is 18.5 Å². The molecule has 224 valence electrons. The first kappa shape index (κ1) is 30.5. The van der Waals surface area contributed by atoms with Crippen molar-refractivity contribution in [1.82, 2.24) is 25.8 Å². The van der Waals surface area contributed by atoms with Gasteiger partial charge in [-0.3, -0.25) is 24.0 Å². The van der Waals surface area contributed by atoms with Crippen molar-refractivity contribution in [2.75, 3.05) is 26.7 Å². The van der Waals surface area contributed by atoms with Gasteiger partial charge in [0.15, 0.2) is 0 Å². The van der Waals surface area contributed by atoms with Gasteiger partial charge in [-0.15, -0.1) is 0 Å². The molecule has 4 rings (SSSR count). The Balaban J connectivity index is 1.48. The molecule has 1 fully saturated rings. The van der Waals surface area contributed by atoms with E-state index in [0.717, 1.165) is 24.1 Å². The summed E-state index contributed by atoms with van der Waals surface area (Å²) in [6.07, 6.45) is 1.11. The number of hydrogen-bond donors (Lipinski definition) is 3. The average Bonchev–Trinajstić information content (AvgIpc) is 3.37. The fraction of sp³-hybridized carbons (Fsp3) is 0.452. The number of carbonyl (C=O) groups excluding carboxylic acids is 5. The highest BCUT2D eigenvalue weighted by Crippen LogP contribution is 2.19. The number of likely N-dealkylation sites (N-methyl/N-ethyl adjacent to an activating group) is 1. The van der Waals surface area contributed by atoms with Gasteiger partial charge in [0, 0.05) is 33.1 Å². The van der Waals surface area contributed by atoms with Crippen LogP contribution in [0.2, 0.25) is 0 Å². The molecule has 2 aliphatic rings. The summed E-state index contributed by atoms with van der Waals surface area (Å²) in [5, 5.41) is 8.25. The van der Waals surface area contributed by atoms with E-state index in [1.165, 1.54) is 4.90 Å². The number of nitrogens with one attached hydrogen (secondary N) is 3. The molecule has 0 saturated carbocycles. The van der Waals surface area contributed by atoms with E-state index in [2.05, 4.69) is 16.0 Å². The SMILES string of the molecule is CC(C)[C@@H]1NC(=O)C[C@@H](C(=O)NCc2ccc(CN3CCCC3=O)cc2)NC(=O)c2ccccc2OCCN(C)C1=O. The molecule has 0 aliphatic carbocycles. The topological polar surface area (TPSA) is 137 Å². The first-order chi connectivity index (χ1) is 20.1. The molecular formula is C31H39N5O6. The molecule has 0 spiro atoms. The minimum Gasteiger partial charge on any atom is -0.491 e. The second-order valence-corrected chi connectivity index (χ2v) is 11.1. The lowest BCUT2D eigenvalue weighted by Crippen LogP contribution is -2.54. The van der Waals surface area contributed by atoms with E-state index in [-0.39, 0.29) is 49.4 Å². The molecule has 0 radical (unpaired) electrons. The molecule has 5 amide bonds. The van der Waals surface area contributed by atoms with E-state index in [9.17, 15) is 24.0 Å². The fourth-order valence-electron chi connectivity index (χ4n) is 4.96. The lowest BCUT2D eigenvalue weighted by atomic mass is 10.0. The Morgan fingerprint density at radius 2 is 1.71 bits per heavy atom. The standard InChI is InChI=1S/C31H39N5O6/c1-20(2)28-31(41)35(3)15-16-42-25-8-5-4-7-23(25)29(39)33-24(17-26(37)34-28)30(40)32-18-21-10-12-22(13-11-21)19-36-14-6-9-27(36)38/h4-5,7-8,10-13,20,24,28H,6,9,14-19H2,1-3H3,(H,32,40)(H,33,39)(H,34,37)/t24-,28-/m0/s1. The minimum absolute atomic E-state index is 0.141. The number of fused-ring (bicyclic) bond motifs is 1. The molecule has 0 unspecified atom stereocenters. The number of amides is 5. The summed E-state index contributed by atoms with van der Waals surface area (Å²) in [7, 11) is 1.63. The molecule has 2 aromatic rings. The Morgan fingerprint density at radius 1 is 1.00 bits per heavy atom. The van der Waals surface area contributed by atoms with Gasteiger partial charge in [-0.1, -0.05) is 50.2 Å². The van der Waals surface area contributed by atoms with Gasteiger partial charge in [0.1, 0.15) is 24.4 Å². The van der Waals surface area contributed by atoms with Crippen LogP contribution in [0.25, 0.3) is 0 Å². The van der Waals surface area contributed by atoms with Crippen LogP contribution in [0.4, 0.5) is 0 Å². The van der Waals surface area contributed by atoms with Crippen molar-refractivity contribution in [1.29, 1.82) is 0 Å². The highest BCUT2D eigenvalue weighted by Gasteiger charge is 2.31. The lowest BCUT2D eigenvalue weighted by Gasteiger charge is -2.28. The van der Waals surface area contributed by atoms with Crippen molar-refractivity contribution < 1.29 is 28.7 Å². The van der Waals surface area contributed by atoms with Gasteiger partial charge in [0.25, 0.3) is 5.91 Å². The number of benzene rings is 2. The zero-order chi connectivity index (χ0) is 30.2. The van der Waals surface area contributed by atoms with Crippen molar-refractivity contribution in [3.05, 3.63) is 65.2 Å². The Morgan fingerprint density at radius 3 is 2.40 bits per heavy atom. The fourth-order valence-corrected chi connectivity index (χ4v) is 4.96. The van der Waals surface area contributed by atoms with E-state index in [1.54, 1.807) is 31.3 Å². The maximum absolute atomic E-state index is 13.3. The Hall–Kier alpha value is -4.41. The van der Waals surface area contributed by atoms with Gasteiger partial charge in [-0.2, -0.15) is 0 Å². The van der Waals surface area contributed by atoms with Crippen LogP contribution in [0.1, 0.15) is 54.6 Å². The largest absolute Gasteiger partial charge is 0.491 e. The summed E-state index contributed by atoms with van der Waals surface area (Å²) in [5.74, 6) is -1.62. The van der Waals surface area contributed by atoms with Gasteiger partial charge >= 0.3 is 0 Å². The number of nitrogens with zero attached hydrogens (tertiary/aromatic N) is 2. The number of carbonyl (C=O) groups is 5. The van der Waals surface area contributed by atoms with Crippen LogP contribution in [0.15, 0.2) is 48.5 Å². The monoisotopic (exact) mass is 577 g/mol. The molecule has 2 aliphatic heterocycles. The van der Waals surface area contributed by atoms with Gasteiger partial charge in [-0.25, -0.2) is 0 Å². The first-order valence-electron chi connectivity index (χ1n) is 14.3. The van der Waals surface area contributed by atoms with Crippen LogP contribution >= 0.6 is 0 Å². The molecule has 2 heterocycles. The van der Waals surface area contributed by atoms with Crippen LogP contribution in [-0.2, 0) is 32.3 Å². The quantitative estimate of drug-likeness (QED) is 0.477. The molecular weight excluding hydrogens is 538 g/mol. The number of hydrogen-bond acceptors (Lipinski definition) is 6. The molecule has 0 aromatic heterocycles.